The predicted octanol–water partition coefficient (Wildman–Crippen LogP) is 1.88. The highest BCUT2D eigenvalue weighted by atomic mass is 32.2. The molecule has 10 heteroatoms. The molecule has 0 spiro atoms. The number of rotatable bonds is 7. The highest BCUT2D eigenvalue weighted by Crippen LogP contribution is 2.34. The van der Waals surface area contributed by atoms with Crippen LogP contribution in [0.2, 0.25) is 0 Å². The topological polar surface area (TPSA) is 103 Å². The van der Waals surface area contributed by atoms with Crippen LogP contribution < -0.4 is 28.6 Å². The molecule has 3 rings (SSSR count). The van der Waals surface area contributed by atoms with Gasteiger partial charge in [0.2, 0.25) is 15.9 Å². The molecule has 0 aliphatic carbocycles. The Balaban J connectivity index is 1.80. The van der Waals surface area contributed by atoms with Gasteiger partial charge < -0.3 is 24.3 Å². The second-order valence-corrected chi connectivity index (χ2v) is 8.12. The maximum atomic E-state index is 12.5. The molecular formula is C19H22N2O7S. The highest BCUT2D eigenvalue weighted by Gasteiger charge is 2.23. The SMILES string of the molecule is COc1ccc(N(CC(=O)Nc2ccc3c(c2)OCCO3)S(C)(=O)=O)cc1OC. The molecule has 0 radical (unpaired) electrons. The predicted molar refractivity (Wildman–Crippen MR) is 108 cm³/mol. The molecule has 29 heavy (non-hydrogen) atoms. The minimum absolute atomic E-state index is 0.280. The number of hydrogen-bond donors (Lipinski definition) is 1. The Labute approximate surface area is 169 Å². The lowest BCUT2D eigenvalue weighted by Crippen LogP contribution is -2.37. The maximum Gasteiger partial charge on any atom is 0.245 e. The number of anilines is 2. The molecular weight excluding hydrogens is 400 g/mol. The molecule has 0 aromatic heterocycles. The smallest absolute Gasteiger partial charge is 0.245 e. The number of benzene rings is 2. The molecule has 0 unspecified atom stereocenters. The van der Waals surface area contributed by atoms with Crippen molar-refractivity contribution in [2.45, 2.75) is 0 Å². The Morgan fingerprint density at radius 2 is 1.72 bits per heavy atom. The van der Waals surface area contributed by atoms with Crippen LogP contribution in [0.3, 0.4) is 0 Å². The molecule has 0 saturated heterocycles. The van der Waals surface area contributed by atoms with Gasteiger partial charge in [0.25, 0.3) is 0 Å². The first-order valence-electron chi connectivity index (χ1n) is 8.71. The van der Waals surface area contributed by atoms with Crippen molar-refractivity contribution in [2.75, 3.05) is 49.9 Å². The molecule has 1 aliphatic rings. The van der Waals surface area contributed by atoms with E-state index in [1.807, 2.05) is 0 Å². The molecule has 1 amide bonds. The van der Waals surface area contributed by atoms with E-state index in [1.54, 1.807) is 30.3 Å². The highest BCUT2D eigenvalue weighted by molar-refractivity contribution is 7.92. The number of nitrogens with zero attached hydrogens (tertiary/aromatic N) is 1. The summed E-state index contributed by atoms with van der Waals surface area (Å²) in [7, 11) is -0.809. The van der Waals surface area contributed by atoms with Crippen LogP contribution >= 0.6 is 0 Å². The summed E-state index contributed by atoms with van der Waals surface area (Å²) < 4.78 is 46.9. The molecule has 0 saturated carbocycles. The molecule has 0 bridgehead atoms. The molecule has 0 fully saturated rings. The Morgan fingerprint density at radius 1 is 1.03 bits per heavy atom. The third-order valence-electron chi connectivity index (χ3n) is 4.17. The number of fused-ring (bicyclic) bond motifs is 1. The third-order valence-corrected chi connectivity index (χ3v) is 5.31. The summed E-state index contributed by atoms with van der Waals surface area (Å²) in [5, 5.41) is 2.68. The van der Waals surface area contributed by atoms with E-state index in [-0.39, 0.29) is 5.69 Å². The summed E-state index contributed by atoms with van der Waals surface area (Å²) in [5.41, 5.74) is 0.752. The molecule has 1 N–H and O–H groups in total. The summed E-state index contributed by atoms with van der Waals surface area (Å²) in [5.74, 6) is 1.41. The van der Waals surface area contributed by atoms with Gasteiger partial charge in [-0.3, -0.25) is 9.10 Å². The minimum Gasteiger partial charge on any atom is -0.493 e. The fourth-order valence-electron chi connectivity index (χ4n) is 2.83. The van der Waals surface area contributed by atoms with Crippen molar-refractivity contribution in [3.05, 3.63) is 36.4 Å². The van der Waals surface area contributed by atoms with Gasteiger partial charge in [0.05, 0.1) is 26.2 Å². The van der Waals surface area contributed by atoms with Crippen molar-refractivity contribution >= 4 is 27.3 Å². The molecule has 1 heterocycles. The van der Waals surface area contributed by atoms with Crippen molar-refractivity contribution < 1.29 is 32.2 Å². The van der Waals surface area contributed by atoms with E-state index in [1.165, 1.54) is 20.3 Å². The molecule has 9 nitrogen and oxygen atoms in total. The van der Waals surface area contributed by atoms with Crippen molar-refractivity contribution in [2.24, 2.45) is 0 Å². The lowest BCUT2D eigenvalue weighted by molar-refractivity contribution is -0.114. The molecule has 2 aromatic rings. The van der Waals surface area contributed by atoms with Crippen LogP contribution in [0.1, 0.15) is 0 Å². The minimum atomic E-state index is -3.73. The van der Waals surface area contributed by atoms with E-state index in [0.29, 0.717) is 41.9 Å². The number of hydrogen-bond acceptors (Lipinski definition) is 7. The summed E-state index contributed by atoms with van der Waals surface area (Å²) >= 11 is 0. The zero-order chi connectivity index (χ0) is 21.0. The first kappa shape index (κ1) is 20.6. The Morgan fingerprint density at radius 3 is 2.38 bits per heavy atom. The van der Waals surface area contributed by atoms with Crippen molar-refractivity contribution in [3.8, 4) is 23.0 Å². The summed E-state index contributed by atoms with van der Waals surface area (Å²) in [4.78, 5) is 12.5. The molecule has 2 aromatic carbocycles. The van der Waals surface area contributed by atoms with Gasteiger partial charge in [-0.1, -0.05) is 0 Å². The number of methoxy groups -OCH3 is 2. The second-order valence-electron chi connectivity index (χ2n) is 6.22. The fourth-order valence-corrected chi connectivity index (χ4v) is 3.68. The Bertz CT molecular complexity index is 1010. The number of carbonyl (C=O) groups excluding carboxylic acids is 1. The van der Waals surface area contributed by atoms with Crippen LogP contribution in [0.25, 0.3) is 0 Å². The number of carbonyl (C=O) groups is 1. The van der Waals surface area contributed by atoms with E-state index in [4.69, 9.17) is 18.9 Å². The number of amides is 1. The number of sulfonamides is 1. The average molecular weight is 422 g/mol. The van der Waals surface area contributed by atoms with Gasteiger partial charge in [0.15, 0.2) is 23.0 Å². The normalized spacial score (nSPS) is 12.8. The van der Waals surface area contributed by atoms with Gasteiger partial charge in [-0.25, -0.2) is 8.42 Å². The first-order chi connectivity index (χ1) is 13.8. The van der Waals surface area contributed by atoms with Gasteiger partial charge >= 0.3 is 0 Å². The summed E-state index contributed by atoms with van der Waals surface area (Å²) in [6.07, 6.45) is 1.03. The van der Waals surface area contributed by atoms with Crippen LogP contribution in [-0.4, -0.2) is 54.6 Å². The second kappa shape index (κ2) is 8.48. The van der Waals surface area contributed by atoms with E-state index < -0.39 is 22.5 Å². The van der Waals surface area contributed by atoms with Crippen molar-refractivity contribution in [1.29, 1.82) is 0 Å². The maximum absolute atomic E-state index is 12.5. The van der Waals surface area contributed by atoms with Gasteiger partial charge in [-0.15, -0.1) is 0 Å². The van der Waals surface area contributed by atoms with Crippen molar-refractivity contribution in [1.82, 2.24) is 0 Å². The summed E-state index contributed by atoms with van der Waals surface area (Å²) in [6, 6.07) is 9.59. The Kier molecular flexibility index (Phi) is 6.02. The van der Waals surface area contributed by atoms with E-state index in [9.17, 15) is 13.2 Å². The van der Waals surface area contributed by atoms with Crippen LogP contribution in [0.4, 0.5) is 11.4 Å². The Hall–Kier alpha value is -3.14. The molecule has 1 aliphatic heterocycles. The molecule has 0 atom stereocenters. The first-order valence-corrected chi connectivity index (χ1v) is 10.6. The number of ether oxygens (including phenoxy) is 4. The van der Waals surface area contributed by atoms with E-state index in [0.717, 1.165) is 10.6 Å². The lowest BCUT2D eigenvalue weighted by Gasteiger charge is -2.23. The van der Waals surface area contributed by atoms with Gasteiger partial charge in [0.1, 0.15) is 19.8 Å². The van der Waals surface area contributed by atoms with E-state index in [2.05, 4.69) is 5.32 Å². The van der Waals surface area contributed by atoms with Gasteiger partial charge in [0, 0.05) is 17.8 Å². The summed E-state index contributed by atoms with van der Waals surface area (Å²) in [6.45, 7) is 0.474. The van der Waals surface area contributed by atoms with Gasteiger partial charge in [-0.2, -0.15) is 0 Å². The van der Waals surface area contributed by atoms with Crippen LogP contribution in [0.15, 0.2) is 36.4 Å². The van der Waals surface area contributed by atoms with Crippen LogP contribution in [0.5, 0.6) is 23.0 Å². The third kappa shape index (κ3) is 4.83. The zero-order valence-electron chi connectivity index (χ0n) is 16.3. The fraction of sp³-hybridized carbons (Fsp3) is 0.316. The molecule has 156 valence electrons. The lowest BCUT2D eigenvalue weighted by atomic mass is 10.2. The van der Waals surface area contributed by atoms with Crippen molar-refractivity contribution in [3.63, 3.8) is 0 Å². The van der Waals surface area contributed by atoms with Gasteiger partial charge in [-0.05, 0) is 24.3 Å². The standard InChI is InChI=1S/C19H22N2O7S/c1-25-15-7-5-14(11-17(15)26-2)21(29(3,23)24)12-19(22)20-13-4-6-16-18(10-13)28-9-8-27-16/h4-7,10-11H,8-9,12H2,1-3H3,(H,20,22). The monoisotopic (exact) mass is 422 g/mol. The van der Waals surface area contributed by atoms with E-state index >= 15 is 0 Å². The zero-order valence-corrected chi connectivity index (χ0v) is 17.1. The van der Waals surface area contributed by atoms with Crippen LogP contribution in [-0.2, 0) is 14.8 Å². The average Bonchev–Trinajstić information content (AvgIpc) is 2.70. The largest absolute Gasteiger partial charge is 0.493 e. The van der Waals surface area contributed by atoms with Crippen LogP contribution in [0, 0.1) is 0 Å². The quantitative estimate of drug-likeness (QED) is 0.727. The number of nitrogens with one attached hydrogen (secondary N) is 1.